The van der Waals surface area contributed by atoms with Crippen LogP contribution in [0.3, 0.4) is 0 Å². The molecule has 0 aliphatic rings. The zero-order valence-electron chi connectivity index (χ0n) is 13.6. The lowest BCUT2D eigenvalue weighted by atomic mass is 10.0. The van der Waals surface area contributed by atoms with Gasteiger partial charge in [-0.15, -0.1) is 0 Å². The first-order valence-corrected chi connectivity index (χ1v) is 8.15. The fraction of sp³-hybridized carbons (Fsp3) is 0.211. The number of ether oxygens (including phenoxy) is 2. The fourth-order valence-corrected chi connectivity index (χ4v) is 2.73. The van der Waals surface area contributed by atoms with Crippen LogP contribution in [0.4, 0.5) is 4.39 Å². The second-order valence-electron chi connectivity index (χ2n) is 5.38. The molecule has 0 unspecified atom stereocenters. The van der Waals surface area contributed by atoms with Gasteiger partial charge >= 0.3 is 0 Å². The SMILES string of the molecule is COc1cc(/C=C(/C#N)c2cccc(F)c2)cc(Br)c1OC(C)C. The number of hydrogen-bond acceptors (Lipinski definition) is 3. The lowest BCUT2D eigenvalue weighted by Crippen LogP contribution is -2.07. The highest BCUT2D eigenvalue weighted by atomic mass is 79.9. The molecule has 0 aromatic heterocycles. The van der Waals surface area contributed by atoms with Gasteiger partial charge in [0.1, 0.15) is 5.82 Å². The van der Waals surface area contributed by atoms with Crippen LogP contribution >= 0.6 is 15.9 Å². The Bertz CT molecular complexity index is 809. The summed E-state index contributed by atoms with van der Waals surface area (Å²) in [7, 11) is 1.56. The van der Waals surface area contributed by atoms with Gasteiger partial charge in [-0.2, -0.15) is 5.26 Å². The first-order chi connectivity index (χ1) is 11.4. The van der Waals surface area contributed by atoms with E-state index < -0.39 is 0 Å². The molecule has 3 nitrogen and oxygen atoms in total. The topological polar surface area (TPSA) is 42.2 Å². The zero-order chi connectivity index (χ0) is 17.7. The van der Waals surface area contributed by atoms with Gasteiger partial charge in [-0.25, -0.2) is 4.39 Å². The largest absolute Gasteiger partial charge is 0.493 e. The molecule has 0 saturated heterocycles. The highest BCUT2D eigenvalue weighted by Crippen LogP contribution is 2.38. The van der Waals surface area contributed by atoms with Crippen molar-refractivity contribution < 1.29 is 13.9 Å². The highest BCUT2D eigenvalue weighted by molar-refractivity contribution is 9.10. The number of rotatable bonds is 5. The summed E-state index contributed by atoms with van der Waals surface area (Å²) in [6.45, 7) is 3.86. The maximum atomic E-state index is 13.4. The summed E-state index contributed by atoms with van der Waals surface area (Å²) in [6, 6.07) is 11.7. The second kappa shape index (κ2) is 7.98. The molecular weight excluding hydrogens is 373 g/mol. The number of methoxy groups -OCH3 is 1. The molecule has 5 heteroatoms. The van der Waals surface area contributed by atoms with Crippen LogP contribution in [-0.4, -0.2) is 13.2 Å². The van der Waals surface area contributed by atoms with Crippen molar-refractivity contribution in [1.29, 1.82) is 5.26 Å². The predicted molar refractivity (Wildman–Crippen MR) is 96.3 cm³/mol. The summed E-state index contributed by atoms with van der Waals surface area (Å²) < 4.78 is 25.2. The van der Waals surface area contributed by atoms with Crippen LogP contribution in [0.2, 0.25) is 0 Å². The molecule has 124 valence electrons. The van der Waals surface area contributed by atoms with E-state index >= 15 is 0 Å². The van der Waals surface area contributed by atoms with Crippen molar-refractivity contribution in [2.45, 2.75) is 20.0 Å². The van der Waals surface area contributed by atoms with Crippen molar-refractivity contribution in [3.8, 4) is 17.6 Å². The van der Waals surface area contributed by atoms with Crippen LogP contribution in [0.15, 0.2) is 40.9 Å². The molecule has 0 spiro atoms. The van der Waals surface area contributed by atoms with Gasteiger partial charge in [0.15, 0.2) is 11.5 Å². The van der Waals surface area contributed by atoms with E-state index in [9.17, 15) is 9.65 Å². The van der Waals surface area contributed by atoms with Gasteiger partial charge in [0.05, 0.1) is 29.3 Å². The van der Waals surface area contributed by atoms with E-state index in [1.807, 2.05) is 19.9 Å². The molecule has 0 heterocycles. The Morgan fingerprint density at radius 3 is 2.62 bits per heavy atom. The van der Waals surface area contributed by atoms with Crippen LogP contribution in [-0.2, 0) is 0 Å². The van der Waals surface area contributed by atoms with Crippen molar-refractivity contribution in [3.63, 3.8) is 0 Å². The van der Waals surface area contributed by atoms with Crippen molar-refractivity contribution in [1.82, 2.24) is 0 Å². The average Bonchev–Trinajstić information content (AvgIpc) is 2.54. The van der Waals surface area contributed by atoms with Crippen LogP contribution < -0.4 is 9.47 Å². The molecule has 0 aliphatic carbocycles. The molecule has 0 radical (unpaired) electrons. The van der Waals surface area contributed by atoms with Crippen molar-refractivity contribution >= 4 is 27.6 Å². The molecular formula is C19H17BrFNO2. The van der Waals surface area contributed by atoms with E-state index in [-0.39, 0.29) is 11.9 Å². The Balaban J connectivity index is 2.48. The minimum absolute atomic E-state index is 0.00134. The van der Waals surface area contributed by atoms with Crippen LogP contribution in [0.1, 0.15) is 25.0 Å². The predicted octanol–water partition coefficient (Wildman–Crippen LogP) is 5.45. The quantitative estimate of drug-likeness (QED) is 0.504. The number of nitrogens with zero attached hydrogens (tertiary/aromatic N) is 1. The van der Waals surface area contributed by atoms with Gasteiger partial charge in [-0.3, -0.25) is 0 Å². The summed E-state index contributed by atoms with van der Waals surface area (Å²) >= 11 is 3.47. The molecule has 24 heavy (non-hydrogen) atoms. The molecule has 0 amide bonds. The highest BCUT2D eigenvalue weighted by Gasteiger charge is 2.13. The van der Waals surface area contributed by atoms with Crippen molar-refractivity contribution in [2.24, 2.45) is 0 Å². The Hall–Kier alpha value is -2.32. The van der Waals surface area contributed by atoms with Crippen molar-refractivity contribution in [3.05, 3.63) is 57.8 Å². The maximum absolute atomic E-state index is 13.4. The third-order valence-electron chi connectivity index (χ3n) is 3.17. The van der Waals surface area contributed by atoms with E-state index in [4.69, 9.17) is 9.47 Å². The van der Waals surface area contributed by atoms with E-state index in [2.05, 4.69) is 22.0 Å². The van der Waals surface area contributed by atoms with Gasteiger partial charge in [-0.1, -0.05) is 12.1 Å². The molecule has 0 N–H and O–H groups in total. The number of benzene rings is 2. The minimum Gasteiger partial charge on any atom is -0.493 e. The number of nitriles is 1. The summed E-state index contributed by atoms with van der Waals surface area (Å²) in [4.78, 5) is 0. The van der Waals surface area contributed by atoms with Gasteiger partial charge in [0.2, 0.25) is 0 Å². The number of halogens is 2. The lowest BCUT2D eigenvalue weighted by Gasteiger charge is -2.16. The summed E-state index contributed by atoms with van der Waals surface area (Å²) in [5.74, 6) is 0.780. The molecule has 2 aromatic carbocycles. The monoisotopic (exact) mass is 389 g/mol. The number of hydrogen-bond donors (Lipinski definition) is 0. The van der Waals surface area contributed by atoms with Crippen LogP contribution in [0.5, 0.6) is 11.5 Å². The van der Waals surface area contributed by atoms with Gasteiger partial charge in [-0.05, 0) is 71.2 Å². The Morgan fingerprint density at radius 1 is 1.29 bits per heavy atom. The van der Waals surface area contributed by atoms with Crippen LogP contribution in [0, 0.1) is 17.1 Å². The zero-order valence-corrected chi connectivity index (χ0v) is 15.2. The first kappa shape index (κ1) is 18.0. The first-order valence-electron chi connectivity index (χ1n) is 7.36. The molecule has 0 aliphatic heterocycles. The molecule has 0 bridgehead atoms. The maximum Gasteiger partial charge on any atom is 0.175 e. The standard InChI is InChI=1S/C19H17BrFNO2/c1-12(2)24-19-17(20)8-13(9-18(19)23-3)7-15(11-22)14-5-4-6-16(21)10-14/h4-10,12H,1-3H3/b15-7-. The van der Waals surface area contributed by atoms with Gasteiger partial charge < -0.3 is 9.47 Å². The average molecular weight is 390 g/mol. The lowest BCUT2D eigenvalue weighted by molar-refractivity contribution is 0.228. The molecule has 0 fully saturated rings. The van der Waals surface area contributed by atoms with E-state index in [0.29, 0.717) is 22.6 Å². The van der Waals surface area contributed by atoms with Gasteiger partial charge in [0.25, 0.3) is 0 Å². The normalized spacial score (nSPS) is 11.3. The minimum atomic E-state index is -0.381. The third kappa shape index (κ3) is 4.36. The summed E-state index contributed by atoms with van der Waals surface area (Å²) in [5.41, 5.74) is 1.63. The summed E-state index contributed by atoms with van der Waals surface area (Å²) in [5, 5.41) is 9.39. The molecule has 2 aromatic rings. The van der Waals surface area contributed by atoms with Crippen molar-refractivity contribution in [2.75, 3.05) is 7.11 Å². The Labute approximate surface area is 149 Å². The molecule has 2 rings (SSSR count). The van der Waals surface area contributed by atoms with E-state index in [0.717, 1.165) is 10.0 Å². The van der Waals surface area contributed by atoms with E-state index in [1.165, 1.54) is 12.1 Å². The molecule has 0 atom stereocenters. The van der Waals surface area contributed by atoms with Crippen LogP contribution in [0.25, 0.3) is 11.6 Å². The Morgan fingerprint density at radius 2 is 2.04 bits per heavy atom. The Kier molecular flexibility index (Phi) is 5.99. The smallest absolute Gasteiger partial charge is 0.175 e. The third-order valence-corrected chi connectivity index (χ3v) is 3.76. The van der Waals surface area contributed by atoms with Gasteiger partial charge in [0, 0.05) is 0 Å². The second-order valence-corrected chi connectivity index (χ2v) is 6.24. The number of allylic oxidation sites excluding steroid dienone is 1. The fourth-order valence-electron chi connectivity index (χ4n) is 2.18. The summed E-state index contributed by atoms with van der Waals surface area (Å²) in [6.07, 6.45) is 1.68. The van der Waals surface area contributed by atoms with E-state index in [1.54, 1.807) is 31.4 Å². The molecule has 0 saturated carbocycles.